The maximum atomic E-state index is 8.94. The highest BCUT2D eigenvalue weighted by Crippen LogP contribution is 2.26. The Hall–Kier alpha value is -2.67. The van der Waals surface area contributed by atoms with Gasteiger partial charge in [0.2, 0.25) is 0 Å². The van der Waals surface area contributed by atoms with Crippen LogP contribution in [0.25, 0.3) is 0 Å². The summed E-state index contributed by atoms with van der Waals surface area (Å²) in [4.78, 5) is 9.37. The molecule has 0 aliphatic rings. The molecule has 1 atom stereocenters. The Kier molecular flexibility index (Phi) is 6.91. The van der Waals surface area contributed by atoms with Crippen LogP contribution >= 0.6 is 0 Å². The molecule has 0 spiro atoms. The summed E-state index contributed by atoms with van der Waals surface area (Å²) in [5.74, 6) is 0.792. The van der Waals surface area contributed by atoms with E-state index in [2.05, 4.69) is 57.1 Å². The Labute approximate surface area is 157 Å². The largest absolute Gasteiger partial charge is 0.354 e. The first kappa shape index (κ1) is 19.7. The highest BCUT2D eigenvalue weighted by molar-refractivity contribution is 5.88. The molecule has 1 aromatic heterocycles. The molecule has 0 aliphatic carbocycles. The van der Waals surface area contributed by atoms with Crippen LogP contribution in [-0.4, -0.2) is 17.2 Å². The molecule has 0 amide bonds. The van der Waals surface area contributed by atoms with E-state index in [-0.39, 0.29) is 5.92 Å². The third-order valence-corrected chi connectivity index (χ3v) is 4.45. The highest BCUT2D eigenvalue weighted by atomic mass is 14.9. The Morgan fingerprint density at radius 2 is 1.92 bits per heavy atom. The van der Waals surface area contributed by atoms with Crippen LogP contribution in [0.2, 0.25) is 0 Å². The fourth-order valence-electron chi connectivity index (χ4n) is 2.62. The summed E-state index contributed by atoms with van der Waals surface area (Å²) in [7, 11) is 0. The number of benzene rings is 1. The lowest BCUT2D eigenvalue weighted by Crippen LogP contribution is -2.09. The maximum absolute atomic E-state index is 8.94. The van der Waals surface area contributed by atoms with Gasteiger partial charge in [0, 0.05) is 30.1 Å². The normalized spacial score (nSPS) is 12.7. The van der Waals surface area contributed by atoms with Crippen molar-refractivity contribution in [2.24, 2.45) is 10.9 Å². The van der Waals surface area contributed by atoms with Gasteiger partial charge in [0.05, 0.1) is 23.0 Å². The molecule has 0 fully saturated rings. The first-order chi connectivity index (χ1) is 12.4. The molecule has 26 heavy (non-hydrogen) atoms. The van der Waals surface area contributed by atoms with E-state index in [0.717, 1.165) is 41.3 Å². The number of nitrogens with zero attached hydrogens (tertiary/aromatic N) is 3. The number of aliphatic imine (C=N–C) groups is 1. The first-order valence-corrected chi connectivity index (χ1v) is 9.21. The molecule has 2 rings (SSSR count). The Bertz CT molecular complexity index is 798. The number of nitriles is 1. The summed E-state index contributed by atoms with van der Waals surface area (Å²) in [5, 5.41) is 12.4. The standard InChI is InChI=1S/C22H28N4/c1-6-21-22(26-20-9-7-18(12-23)8-10-20)11-19(14-25-21)16(4)17(5)24-13-15(2)3/h7-11,14-16,26H,6,13H2,1-5H3/b24-17-. The molecule has 136 valence electrons. The SMILES string of the molecule is CCc1ncc(C(C)/C(C)=N\CC(C)C)cc1Nc1ccc(C#N)cc1. The average molecular weight is 348 g/mol. The number of anilines is 2. The minimum Gasteiger partial charge on any atom is -0.354 e. The lowest BCUT2D eigenvalue weighted by atomic mass is 9.97. The lowest BCUT2D eigenvalue weighted by Gasteiger charge is -2.17. The molecular weight excluding hydrogens is 320 g/mol. The third-order valence-electron chi connectivity index (χ3n) is 4.45. The van der Waals surface area contributed by atoms with Crippen molar-refractivity contribution in [3.05, 3.63) is 53.3 Å². The Balaban J connectivity index is 2.27. The lowest BCUT2D eigenvalue weighted by molar-refractivity contribution is 0.663. The van der Waals surface area contributed by atoms with Gasteiger partial charge in [0.15, 0.2) is 0 Å². The van der Waals surface area contributed by atoms with E-state index in [4.69, 9.17) is 10.3 Å². The summed E-state index contributed by atoms with van der Waals surface area (Å²) in [6, 6.07) is 11.8. The van der Waals surface area contributed by atoms with E-state index >= 15 is 0 Å². The molecule has 0 aliphatic heterocycles. The van der Waals surface area contributed by atoms with Crippen LogP contribution in [0.4, 0.5) is 11.4 Å². The van der Waals surface area contributed by atoms with E-state index in [1.165, 1.54) is 0 Å². The topological polar surface area (TPSA) is 61.1 Å². The second-order valence-electron chi connectivity index (χ2n) is 7.03. The van der Waals surface area contributed by atoms with Crippen LogP contribution in [-0.2, 0) is 6.42 Å². The summed E-state index contributed by atoms with van der Waals surface area (Å²) in [5.41, 5.74) is 5.94. The van der Waals surface area contributed by atoms with E-state index in [1.807, 2.05) is 30.5 Å². The predicted molar refractivity (Wildman–Crippen MR) is 109 cm³/mol. The van der Waals surface area contributed by atoms with Crippen molar-refractivity contribution in [1.82, 2.24) is 4.98 Å². The molecule has 4 heteroatoms. The smallest absolute Gasteiger partial charge is 0.0991 e. The summed E-state index contributed by atoms with van der Waals surface area (Å²) in [6.07, 6.45) is 2.82. The molecule has 1 heterocycles. The second kappa shape index (κ2) is 9.15. The average Bonchev–Trinajstić information content (AvgIpc) is 2.66. The van der Waals surface area contributed by atoms with Gasteiger partial charge in [-0.1, -0.05) is 27.7 Å². The zero-order chi connectivity index (χ0) is 19.1. The van der Waals surface area contributed by atoms with Crippen molar-refractivity contribution < 1.29 is 0 Å². The number of aryl methyl sites for hydroxylation is 1. The van der Waals surface area contributed by atoms with E-state index in [1.54, 1.807) is 0 Å². The van der Waals surface area contributed by atoms with E-state index < -0.39 is 0 Å². The van der Waals surface area contributed by atoms with Gasteiger partial charge in [0.25, 0.3) is 0 Å². The summed E-state index contributed by atoms with van der Waals surface area (Å²) < 4.78 is 0. The van der Waals surface area contributed by atoms with Gasteiger partial charge < -0.3 is 5.32 Å². The molecule has 2 aromatic rings. The summed E-state index contributed by atoms with van der Waals surface area (Å²) in [6.45, 7) is 11.6. The van der Waals surface area contributed by atoms with Gasteiger partial charge in [-0.25, -0.2) is 0 Å². The molecule has 1 aromatic carbocycles. The molecule has 0 radical (unpaired) electrons. The second-order valence-corrected chi connectivity index (χ2v) is 7.03. The van der Waals surface area contributed by atoms with Crippen LogP contribution in [0.1, 0.15) is 57.4 Å². The number of nitrogens with one attached hydrogen (secondary N) is 1. The molecule has 1 N–H and O–H groups in total. The van der Waals surface area contributed by atoms with Crippen molar-refractivity contribution in [3.8, 4) is 6.07 Å². The predicted octanol–water partition coefficient (Wildman–Crippen LogP) is 5.48. The van der Waals surface area contributed by atoms with Gasteiger partial charge in [-0.05, 0) is 55.2 Å². The van der Waals surface area contributed by atoms with Crippen molar-refractivity contribution in [1.29, 1.82) is 5.26 Å². The molecule has 0 saturated carbocycles. The molecule has 0 bridgehead atoms. The van der Waals surface area contributed by atoms with Crippen molar-refractivity contribution in [2.45, 2.75) is 47.0 Å². The van der Waals surface area contributed by atoms with Crippen LogP contribution in [0.5, 0.6) is 0 Å². The van der Waals surface area contributed by atoms with Gasteiger partial charge in [-0.15, -0.1) is 0 Å². The first-order valence-electron chi connectivity index (χ1n) is 9.21. The molecule has 0 saturated heterocycles. The van der Waals surface area contributed by atoms with Crippen molar-refractivity contribution in [3.63, 3.8) is 0 Å². The summed E-state index contributed by atoms with van der Waals surface area (Å²) >= 11 is 0. The van der Waals surface area contributed by atoms with Gasteiger partial charge in [-0.2, -0.15) is 5.26 Å². The number of rotatable bonds is 7. The molecule has 4 nitrogen and oxygen atoms in total. The fraction of sp³-hybridized carbons (Fsp3) is 0.409. The quantitative estimate of drug-likeness (QED) is 0.674. The zero-order valence-electron chi connectivity index (χ0n) is 16.4. The van der Waals surface area contributed by atoms with Crippen molar-refractivity contribution in [2.75, 3.05) is 11.9 Å². The number of hydrogen-bond donors (Lipinski definition) is 1. The Morgan fingerprint density at radius 1 is 1.23 bits per heavy atom. The monoisotopic (exact) mass is 348 g/mol. The minimum atomic E-state index is 0.230. The number of hydrogen-bond acceptors (Lipinski definition) is 4. The Morgan fingerprint density at radius 3 is 2.50 bits per heavy atom. The molecular formula is C22H28N4. The van der Waals surface area contributed by atoms with Gasteiger partial charge >= 0.3 is 0 Å². The van der Waals surface area contributed by atoms with Gasteiger partial charge in [-0.3, -0.25) is 9.98 Å². The number of aromatic nitrogens is 1. The fourth-order valence-corrected chi connectivity index (χ4v) is 2.62. The van der Waals surface area contributed by atoms with Crippen LogP contribution < -0.4 is 5.32 Å². The highest BCUT2D eigenvalue weighted by Gasteiger charge is 2.13. The van der Waals surface area contributed by atoms with Crippen LogP contribution in [0.15, 0.2) is 41.5 Å². The zero-order valence-corrected chi connectivity index (χ0v) is 16.4. The maximum Gasteiger partial charge on any atom is 0.0991 e. The van der Waals surface area contributed by atoms with E-state index in [9.17, 15) is 0 Å². The van der Waals surface area contributed by atoms with E-state index in [0.29, 0.717) is 11.5 Å². The third kappa shape index (κ3) is 5.16. The molecule has 1 unspecified atom stereocenters. The van der Waals surface area contributed by atoms with Gasteiger partial charge in [0.1, 0.15) is 0 Å². The number of pyridine rings is 1. The minimum absolute atomic E-state index is 0.230. The van der Waals surface area contributed by atoms with Crippen molar-refractivity contribution >= 4 is 17.1 Å². The van der Waals surface area contributed by atoms with Crippen LogP contribution in [0.3, 0.4) is 0 Å². The van der Waals surface area contributed by atoms with Crippen LogP contribution in [0, 0.1) is 17.2 Å².